The molecule has 1 fully saturated rings. The number of phenols is 1. The SMILES string of the molecule is C=CCOC(=O)C=Cc1ccc(O)c(OCC2CCC(C)(C(=O)OCC=C)CC2)c1. The molecule has 1 aliphatic rings. The Morgan fingerprint density at radius 1 is 1.17 bits per heavy atom. The van der Waals surface area contributed by atoms with Crippen molar-refractivity contribution in [1.82, 2.24) is 0 Å². The number of carbonyl (C=O) groups is 2. The molecular formula is C24H30O6. The minimum absolute atomic E-state index is 0.0371. The first-order valence-corrected chi connectivity index (χ1v) is 10.1. The van der Waals surface area contributed by atoms with Gasteiger partial charge in [0, 0.05) is 6.08 Å². The Hall–Kier alpha value is -3.02. The lowest BCUT2D eigenvalue weighted by Gasteiger charge is -2.35. The van der Waals surface area contributed by atoms with E-state index in [4.69, 9.17) is 14.2 Å². The Balaban J connectivity index is 1.88. The second kappa shape index (κ2) is 11.2. The zero-order valence-corrected chi connectivity index (χ0v) is 17.5. The number of rotatable bonds is 10. The van der Waals surface area contributed by atoms with E-state index in [-0.39, 0.29) is 30.9 Å². The fourth-order valence-corrected chi connectivity index (χ4v) is 3.31. The highest BCUT2D eigenvalue weighted by atomic mass is 16.5. The van der Waals surface area contributed by atoms with Gasteiger partial charge in [-0.3, -0.25) is 4.79 Å². The summed E-state index contributed by atoms with van der Waals surface area (Å²) in [5, 5.41) is 10.1. The molecule has 1 aromatic carbocycles. The van der Waals surface area contributed by atoms with E-state index < -0.39 is 11.4 Å². The van der Waals surface area contributed by atoms with Crippen LogP contribution in [0.3, 0.4) is 0 Å². The molecule has 0 atom stereocenters. The van der Waals surface area contributed by atoms with Crippen molar-refractivity contribution in [2.75, 3.05) is 19.8 Å². The number of aromatic hydroxyl groups is 1. The third-order valence-electron chi connectivity index (χ3n) is 5.25. The molecule has 6 heteroatoms. The zero-order chi connectivity index (χ0) is 22.0. The molecule has 0 radical (unpaired) electrons. The maximum Gasteiger partial charge on any atom is 0.331 e. The maximum atomic E-state index is 12.2. The predicted molar refractivity (Wildman–Crippen MR) is 115 cm³/mol. The van der Waals surface area contributed by atoms with Crippen LogP contribution in [-0.4, -0.2) is 36.9 Å². The molecule has 0 amide bonds. The molecule has 1 aromatic rings. The Kier molecular flexibility index (Phi) is 8.71. The first-order valence-electron chi connectivity index (χ1n) is 10.1. The fourth-order valence-electron chi connectivity index (χ4n) is 3.31. The first-order chi connectivity index (χ1) is 14.4. The van der Waals surface area contributed by atoms with Gasteiger partial charge in [-0.25, -0.2) is 4.79 Å². The van der Waals surface area contributed by atoms with Crippen LogP contribution in [-0.2, 0) is 19.1 Å². The molecule has 1 N–H and O–H groups in total. The van der Waals surface area contributed by atoms with Crippen LogP contribution >= 0.6 is 0 Å². The van der Waals surface area contributed by atoms with Crippen LogP contribution in [0, 0.1) is 11.3 Å². The van der Waals surface area contributed by atoms with Crippen molar-refractivity contribution in [3.63, 3.8) is 0 Å². The van der Waals surface area contributed by atoms with Gasteiger partial charge in [0.25, 0.3) is 0 Å². The van der Waals surface area contributed by atoms with Crippen molar-refractivity contribution in [2.24, 2.45) is 11.3 Å². The largest absolute Gasteiger partial charge is 0.504 e. The van der Waals surface area contributed by atoms with Gasteiger partial charge in [-0.1, -0.05) is 31.4 Å². The highest BCUT2D eigenvalue weighted by Crippen LogP contribution is 2.40. The third-order valence-corrected chi connectivity index (χ3v) is 5.25. The van der Waals surface area contributed by atoms with Crippen LogP contribution in [0.4, 0.5) is 0 Å². The standard InChI is InChI=1S/C24H30O6/c1-4-14-28-22(26)9-7-18-6-8-20(25)21(16-18)30-17-19-10-12-24(3,13-11-19)23(27)29-15-5-2/h4-9,16,19,25H,1-2,10-15,17H2,3H3. The second-order valence-corrected chi connectivity index (χ2v) is 7.68. The number of hydrogen-bond acceptors (Lipinski definition) is 6. The number of ether oxygens (including phenoxy) is 3. The van der Waals surface area contributed by atoms with Crippen LogP contribution in [0.1, 0.15) is 38.2 Å². The second-order valence-electron chi connectivity index (χ2n) is 7.68. The molecule has 6 nitrogen and oxygen atoms in total. The number of phenolic OH excluding ortho intramolecular Hbond substituents is 1. The van der Waals surface area contributed by atoms with E-state index in [9.17, 15) is 14.7 Å². The van der Waals surface area contributed by atoms with E-state index in [0.717, 1.165) is 25.7 Å². The van der Waals surface area contributed by atoms with Gasteiger partial charge in [0.2, 0.25) is 0 Å². The topological polar surface area (TPSA) is 82.1 Å². The van der Waals surface area contributed by atoms with E-state index in [2.05, 4.69) is 13.2 Å². The average molecular weight is 414 g/mol. The number of benzene rings is 1. The van der Waals surface area contributed by atoms with E-state index in [1.807, 2.05) is 6.92 Å². The summed E-state index contributed by atoms with van der Waals surface area (Å²) in [5.74, 6) is 0.0379. The first kappa shape index (κ1) is 23.3. The van der Waals surface area contributed by atoms with Gasteiger partial charge in [-0.05, 0) is 62.3 Å². The van der Waals surface area contributed by atoms with Crippen LogP contribution in [0.25, 0.3) is 6.08 Å². The molecule has 0 spiro atoms. The van der Waals surface area contributed by atoms with Crippen molar-refractivity contribution in [1.29, 1.82) is 0 Å². The Morgan fingerprint density at radius 2 is 1.83 bits per heavy atom. The van der Waals surface area contributed by atoms with Gasteiger partial charge in [-0.15, -0.1) is 0 Å². The summed E-state index contributed by atoms with van der Waals surface area (Å²) in [4.78, 5) is 23.8. The quantitative estimate of drug-likeness (QED) is 0.346. The Labute approximate surface area is 177 Å². The zero-order valence-electron chi connectivity index (χ0n) is 17.5. The fraction of sp³-hybridized carbons (Fsp3) is 0.417. The predicted octanol–water partition coefficient (Wildman–Crippen LogP) is 4.44. The molecule has 1 saturated carbocycles. The molecular weight excluding hydrogens is 384 g/mol. The third kappa shape index (κ3) is 6.79. The Morgan fingerprint density at radius 3 is 2.50 bits per heavy atom. The van der Waals surface area contributed by atoms with Crippen LogP contribution in [0.5, 0.6) is 11.5 Å². The molecule has 0 heterocycles. The summed E-state index contributed by atoms with van der Waals surface area (Å²) in [6, 6.07) is 4.88. The lowest BCUT2D eigenvalue weighted by molar-refractivity contribution is -0.156. The summed E-state index contributed by atoms with van der Waals surface area (Å²) >= 11 is 0. The van der Waals surface area contributed by atoms with Crippen molar-refractivity contribution in [3.8, 4) is 11.5 Å². The lowest BCUT2D eigenvalue weighted by atomic mass is 9.72. The molecule has 162 valence electrons. The minimum Gasteiger partial charge on any atom is -0.504 e. The van der Waals surface area contributed by atoms with Gasteiger partial charge in [0.15, 0.2) is 11.5 Å². The van der Waals surface area contributed by atoms with Gasteiger partial charge in [0.1, 0.15) is 13.2 Å². The molecule has 0 bridgehead atoms. The highest BCUT2D eigenvalue weighted by Gasteiger charge is 2.38. The molecule has 0 aromatic heterocycles. The van der Waals surface area contributed by atoms with Crippen molar-refractivity contribution >= 4 is 18.0 Å². The monoisotopic (exact) mass is 414 g/mol. The number of hydrogen-bond donors (Lipinski definition) is 1. The van der Waals surface area contributed by atoms with E-state index in [1.165, 1.54) is 18.2 Å². The maximum absolute atomic E-state index is 12.2. The average Bonchev–Trinajstić information content (AvgIpc) is 2.75. The van der Waals surface area contributed by atoms with Crippen molar-refractivity contribution < 1.29 is 28.9 Å². The molecule has 1 aliphatic carbocycles. The van der Waals surface area contributed by atoms with Crippen LogP contribution in [0.15, 0.2) is 49.6 Å². The molecule has 2 rings (SSSR count). The van der Waals surface area contributed by atoms with E-state index in [1.54, 1.807) is 24.3 Å². The summed E-state index contributed by atoms with van der Waals surface area (Å²) < 4.78 is 15.9. The van der Waals surface area contributed by atoms with E-state index in [0.29, 0.717) is 17.9 Å². The van der Waals surface area contributed by atoms with Crippen LogP contribution in [0.2, 0.25) is 0 Å². The summed E-state index contributed by atoms with van der Waals surface area (Å²) in [7, 11) is 0. The summed E-state index contributed by atoms with van der Waals surface area (Å²) in [6.45, 7) is 9.82. The lowest BCUT2D eigenvalue weighted by Crippen LogP contribution is -2.35. The van der Waals surface area contributed by atoms with Gasteiger partial charge >= 0.3 is 11.9 Å². The molecule has 30 heavy (non-hydrogen) atoms. The van der Waals surface area contributed by atoms with Crippen LogP contribution < -0.4 is 4.74 Å². The normalized spacial score (nSPS) is 21.0. The van der Waals surface area contributed by atoms with E-state index >= 15 is 0 Å². The van der Waals surface area contributed by atoms with Gasteiger partial charge < -0.3 is 19.3 Å². The van der Waals surface area contributed by atoms with Crippen molar-refractivity contribution in [3.05, 3.63) is 55.1 Å². The van der Waals surface area contributed by atoms with Gasteiger partial charge in [0.05, 0.1) is 12.0 Å². The minimum atomic E-state index is -0.470. The van der Waals surface area contributed by atoms with Gasteiger partial charge in [-0.2, -0.15) is 0 Å². The summed E-state index contributed by atoms with van der Waals surface area (Å²) in [6.07, 6.45) is 9.13. The highest BCUT2D eigenvalue weighted by molar-refractivity contribution is 5.87. The van der Waals surface area contributed by atoms with Crippen molar-refractivity contribution in [2.45, 2.75) is 32.6 Å². The number of carbonyl (C=O) groups excluding carboxylic acids is 2. The molecule has 0 aliphatic heterocycles. The summed E-state index contributed by atoms with van der Waals surface area (Å²) in [5.41, 5.74) is 0.242. The molecule has 0 saturated heterocycles. The number of esters is 2. The smallest absolute Gasteiger partial charge is 0.331 e. The Bertz CT molecular complexity index is 787. The molecule has 0 unspecified atom stereocenters.